The Labute approximate surface area is 536 Å². The number of nitrogens with zero attached hydrogens (tertiary/aromatic N) is 2. The van der Waals surface area contributed by atoms with E-state index < -0.39 is 0 Å². The second-order valence-corrected chi connectivity index (χ2v) is 32.1. The number of fused-ring (bicyclic) bond motifs is 3. The molecule has 0 saturated carbocycles. The maximum atomic E-state index is 2.54. The molecule has 0 aliphatic heterocycles. The number of benzene rings is 12. The summed E-state index contributed by atoms with van der Waals surface area (Å²) in [5.41, 5.74) is 24.8. The first kappa shape index (κ1) is 60.2. The molecule has 0 radical (unpaired) electrons. The van der Waals surface area contributed by atoms with Crippen molar-refractivity contribution in [2.45, 2.75) is 157 Å². The van der Waals surface area contributed by atoms with Crippen molar-refractivity contribution in [2.75, 3.05) is 4.90 Å². The molecule has 12 aromatic carbocycles. The van der Waals surface area contributed by atoms with Crippen LogP contribution in [0.1, 0.15) is 158 Å². The minimum absolute atomic E-state index is 0.00850. The van der Waals surface area contributed by atoms with Gasteiger partial charge in [0.2, 0.25) is 0 Å². The van der Waals surface area contributed by atoms with Gasteiger partial charge in [-0.25, -0.2) is 0 Å². The van der Waals surface area contributed by atoms with Gasteiger partial charge in [-0.15, -0.1) is 0 Å². The third kappa shape index (κ3) is 11.1. The molecule has 1 aromatic heterocycles. The van der Waals surface area contributed by atoms with E-state index in [1.54, 1.807) is 0 Å². The molecule has 0 spiro atoms. The van der Waals surface area contributed by atoms with Crippen LogP contribution in [0.3, 0.4) is 0 Å². The highest BCUT2D eigenvalue weighted by atomic mass is 15.1. The van der Waals surface area contributed by atoms with Crippen LogP contribution >= 0.6 is 0 Å². The molecule has 0 fully saturated rings. The van der Waals surface area contributed by atoms with E-state index in [2.05, 4.69) is 352 Å². The van der Waals surface area contributed by atoms with Crippen molar-refractivity contribution in [3.63, 3.8) is 0 Å². The second kappa shape index (κ2) is 21.5. The number of hydrogen-bond donors (Lipinski definition) is 0. The number of anilines is 3. The van der Waals surface area contributed by atoms with Crippen LogP contribution in [0.15, 0.2) is 218 Å². The van der Waals surface area contributed by atoms with Crippen molar-refractivity contribution in [1.29, 1.82) is 0 Å². The fraction of sp³-hybridized carbons (Fsp3) is 0.273. The quantitative estimate of drug-likeness (QED) is 0.138. The molecule has 0 N–H and O–H groups in total. The summed E-state index contributed by atoms with van der Waals surface area (Å²) in [6, 6.07) is 84.5. The Kier molecular flexibility index (Phi) is 14.4. The van der Waals surface area contributed by atoms with E-state index >= 15 is 0 Å². The Morgan fingerprint density at radius 1 is 0.244 bits per heavy atom. The summed E-state index contributed by atoms with van der Waals surface area (Å²) in [6.45, 7) is 41.8. The summed E-state index contributed by atoms with van der Waals surface area (Å²) in [4.78, 5) is 2.51. The molecule has 0 unspecified atom stereocenters. The van der Waals surface area contributed by atoms with Crippen molar-refractivity contribution in [3.8, 4) is 50.2 Å². The molecule has 0 aliphatic rings. The minimum Gasteiger partial charge on any atom is -0.310 e. The molecule has 13 aromatic rings. The van der Waals surface area contributed by atoms with Gasteiger partial charge in [-0.05, 0) is 199 Å². The van der Waals surface area contributed by atoms with Gasteiger partial charge in [0.1, 0.15) is 0 Å². The predicted molar refractivity (Wildman–Crippen MR) is 393 cm³/mol. The Bertz CT molecular complexity index is 4780. The molecule has 0 bridgehead atoms. The fourth-order valence-corrected chi connectivity index (χ4v) is 13.5. The van der Waals surface area contributed by atoms with Gasteiger partial charge >= 0.3 is 0 Å². The topological polar surface area (TPSA) is 8.17 Å². The largest absolute Gasteiger partial charge is 0.310 e. The lowest BCUT2D eigenvalue weighted by Gasteiger charge is -2.29. The molecule has 0 amide bonds. The Hall–Kier alpha value is -8.72. The van der Waals surface area contributed by atoms with Crippen LogP contribution in [0.25, 0.3) is 104 Å². The van der Waals surface area contributed by atoms with E-state index in [-0.39, 0.29) is 32.5 Å². The zero-order valence-corrected chi connectivity index (χ0v) is 56.7. The standard InChI is InChI=1S/C88H90N2/c1-83(2,3)65-36-42-79-75(53-65)76-54-66(84(4,5)6)37-43-80(76)90(79)78-41-35-58-32-38-73-77(40-34-57-33-39-74(78)82(58)81(57)73)89(71-26-20-24-61(49-71)55-28-30-56(31-29-55)63-45-67(85(7,8)9)51-68(46-63)86(10,11)12)72-27-21-25-62(50-72)59-22-19-23-60(44-59)64-47-69(87(13,14)15)52-70(48-64)88(16,17)18/h19-54H,1-18H3. The minimum atomic E-state index is 0.00850. The van der Waals surface area contributed by atoms with Crippen LogP contribution in [0.5, 0.6) is 0 Å². The van der Waals surface area contributed by atoms with Gasteiger partial charge in [-0.1, -0.05) is 276 Å². The summed E-state index contributed by atoms with van der Waals surface area (Å²) in [7, 11) is 0. The fourth-order valence-electron chi connectivity index (χ4n) is 13.5. The summed E-state index contributed by atoms with van der Waals surface area (Å²) in [5, 5.41) is 10.0. The summed E-state index contributed by atoms with van der Waals surface area (Å²) < 4.78 is 2.54. The van der Waals surface area contributed by atoms with Gasteiger partial charge < -0.3 is 9.47 Å². The van der Waals surface area contributed by atoms with Crippen molar-refractivity contribution in [2.24, 2.45) is 0 Å². The highest BCUT2D eigenvalue weighted by Crippen LogP contribution is 2.48. The number of hydrogen-bond acceptors (Lipinski definition) is 1. The highest BCUT2D eigenvalue weighted by Gasteiger charge is 2.27. The van der Waals surface area contributed by atoms with Gasteiger partial charge in [-0.2, -0.15) is 0 Å². The average molecular weight is 1180 g/mol. The molecule has 0 saturated heterocycles. The number of rotatable bonds is 8. The smallest absolute Gasteiger partial charge is 0.0541 e. The van der Waals surface area contributed by atoms with Crippen molar-refractivity contribution in [1.82, 2.24) is 4.57 Å². The summed E-state index contributed by atoms with van der Waals surface area (Å²) in [5.74, 6) is 0. The Morgan fingerprint density at radius 2 is 0.600 bits per heavy atom. The third-order valence-electron chi connectivity index (χ3n) is 19.2. The van der Waals surface area contributed by atoms with Gasteiger partial charge in [-0.3, -0.25) is 0 Å². The van der Waals surface area contributed by atoms with Gasteiger partial charge in [0.05, 0.1) is 22.4 Å². The lowest BCUT2D eigenvalue weighted by molar-refractivity contribution is 0.568. The molecule has 1 heterocycles. The Morgan fingerprint density at radius 3 is 1.06 bits per heavy atom. The molecule has 2 nitrogen and oxygen atoms in total. The van der Waals surface area contributed by atoms with Gasteiger partial charge in [0.25, 0.3) is 0 Å². The second-order valence-electron chi connectivity index (χ2n) is 32.1. The van der Waals surface area contributed by atoms with E-state index in [0.29, 0.717) is 0 Å². The van der Waals surface area contributed by atoms with Gasteiger partial charge in [0.15, 0.2) is 0 Å². The molecule has 452 valence electrons. The molecule has 0 aliphatic carbocycles. The van der Waals surface area contributed by atoms with Crippen molar-refractivity contribution >= 4 is 71.2 Å². The van der Waals surface area contributed by atoms with Crippen LogP contribution < -0.4 is 4.90 Å². The lowest BCUT2D eigenvalue weighted by Crippen LogP contribution is -2.16. The first-order valence-electron chi connectivity index (χ1n) is 32.7. The van der Waals surface area contributed by atoms with E-state index in [4.69, 9.17) is 0 Å². The van der Waals surface area contributed by atoms with Crippen LogP contribution in [-0.2, 0) is 32.5 Å². The Balaban J connectivity index is 0.991. The van der Waals surface area contributed by atoms with Crippen LogP contribution in [-0.4, -0.2) is 4.57 Å². The van der Waals surface area contributed by atoms with E-state index in [0.717, 1.165) is 28.2 Å². The first-order valence-corrected chi connectivity index (χ1v) is 32.7. The average Bonchev–Trinajstić information content (AvgIpc) is 1.29. The van der Waals surface area contributed by atoms with Crippen LogP contribution in [0.4, 0.5) is 17.1 Å². The first-order chi connectivity index (χ1) is 42.4. The van der Waals surface area contributed by atoms with E-state index in [1.165, 1.54) is 127 Å². The lowest BCUT2D eigenvalue weighted by atomic mass is 9.79. The van der Waals surface area contributed by atoms with Gasteiger partial charge in [0, 0.05) is 32.9 Å². The van der Waals surface area contributed by atoms with E-state index in [1.807, 2.05) is 0 Å². The predicted octanol–water partition coefficient (Wildman–Crippen LogP) is 25.6. The normalized spacial score (nSPS) is 13.0. The van der Waals surface area contributed by atoms with Crippen molar-refractivity contribution < 1.29 is 0 Å². The molecule has 90 heavy (non-hydrogen) atoms. The van der Waals surface area contributed by atoms with E-state index in [9.17, 15) is 0 Å². The number of aromatic nitrogens is 1. The zero-order valence-electron chi connectivity index (χ0n) is 56.7. The van der Waals surface area contributed by atoms with Crippen molar-refractivity contribution in [3.05, 3.63) is 252 Å². The monoisotopic (exact) mass is 1170 g/mol. The summed E-state index contributed by atoms with van der Waals surface area (Å²) in [6.07, 6.45) is 0. The third-order valence-corrected chi connectivity index (χ3v) is 19.2. The molecule has 2 heteroatoms. The zero-order chi connectivity index (χ0) is 63.8. The maximum absolute atomic E-state index is 2.54. The molecular formula is C88H90N2. The van der Waals surface area contributed by atoms with Crippen LogP contribution in [0, 0.1) is 0 Å². The molecule has 0 atom stereocenters. The SMILES string of the molecule is CC(C)(C)c1cc(-c2ccc(-c3cccc(N(c4cccc(-c5cccc(-c6cc(C(C)(C)C)cc(C(C)(C)C)c6)c5)c4)c4ccc5ccc6c(-n7c8ccc(C(C)(C)C)cc8c8cc(C(C)(C)C)ccc87)ccc7ccc4c5c76)c3)cc2)cc(C(C)(C)C)c1. The molecule has 13 rings (SSSR count). The highest BCUT2D eigenvalue weighted by molar-refractivity contribution is 6.27. The summed E-state index contributed by atoms with van der Waals surface area (Å²) >= 11 is 0. The maximum Gasteiger partial charge on any atom is 0.0541 e. The van der Waals surface area contributed by atoms with Crippen LogP contribution in [0.2, 0.25) is 0 Å². The molecular weight excluding hydrogens is 1080 g/mol.